The van der Waals surface area contributed by atoms with E-state index < -0.39 is 0 Å². The molecule has 1 aromatic heterocycles. The van der Waals surface area contributed by atoms with Gasteiger partial charge < -0.3 is 4.90 Å². The van der Waals surface area contributed by atoms with Crippen molar-refractivity contribution in [3.8, 4) is 0 Å². The number of thiazole rings is 1. The molecule has 0 spiro atoms. The summed E-state index contributed by atoms with van der Waals surface area (Å²) in [7, 11) is 0. The van der Waals surface area contributed by atoms with Crippen LogP contribution in [-0.4, -0.2) is 34.6 Å². The van der Waals surface area contributed by atoms with E-state index in [0.717, 1.165) is 23.1 Å². The van der Waals surface area contributed by atoms with Crippen molar-refractivity contribution in [1.29, 1.82) is 0 Å². The average molecular weight is 327 g/mol. The van der Waals surface area contributed by atoms with E-state index in [1.807, 2.05) is 4.90 Å². The molecule has 3 nitrogen and oxygen atoms in total. The van der Waals surface area contributed by atoms with Gasteiger partial charge in [-0.25, -0.2) is 4.98 Å². The molecule has 1 aromatic rings. The minimum atomic E-state index is 0.0804. The van der Waals surface area contributed by atoms with Gasteiger partial charge in [-0.3, -0.25) is 4.79 Å². The summed E-state index contributed by atoms with van der Waals surface area (Å²) in [6.45, 7) is 12.8. The number of aromatic nitrogens is 1. The summed E-state index contributed by atoms with van der Waals surface area (Å²) in [4.78, 5) is 19.0. The first kappa shape index (κ1) is 16.8. The lowest BCUT2D eigenvalue weighted by atomic mass is 9.92. The molecule has 2 atom stereocenters. The molecule has 2 unspecified atom stereocenters. The Morgan fingerprint density at radius 3 is 2.52 bits per heavy atom. The molecule has 1 aliphatic heterocycles. The van der Waals surface area contributed by atoms with Gasteiger partial charge in [0.25, 0.3) is 0 Å². The molecule has 5 heteroatoms. The number of rotatable bonds is 3. The van der Waals surface area contributed by atoms with Gasteiger partial charge in [0, 0.05) is 23.9 Å². The number of hydrogen-bond donors (Lipinski definition) is 0. The summed E-state index contributed by atoms with van der Waals surface area (Å²) in [5, 5.41) is 2.11. The number of amides is 1. The smallest absolute Gasteiger partial charge is 0.233 e. The van der Waals surface area contributed by atoms with E-state index in [2.05, 4.69) is 45.0 Å². The molecule has 2 rings (SSSR count). The van der Waals surface area contributed by atoms with Crippen molar-refractivity contribution in [1.82, 2.24) is 9.88 Å². The third-order valence-corrected chi connectivity index (χ3v) is 5.80. The Bertz CT molecular complexity index is 483. The fourth-order valence-electron chi connectivity index (χ4n) is 2.75. The molecule has 21 heavy (non-hydrogen) atoms. The van der Waals surface area contributed by atoms with E-state index in [9.17, 15) is 4.79 Å². The standard InChI is InChI=1S/C16H26N2OS2/c1-11-6-12(2)8-18(7-11)14(19)10-21-15-17-13(9-20-15)16(3,4)5/h9,11-12H,6-8,10H2,1-5H3. The van der Waals surface area contributed by atoms with Crippen molar-refractivity contribution in [3.63, 3.8) is 0 Å². The first-order valence-corrected chi connectivity index (χ1v) is 9.49. The van der Waals surface area contributed by atoms with E-state index in [1.54, 1.807) is 23.1 Å². The van der Waals surface area contributed by atoms with E-state index in [1.165, 1.54) is 6.42 Å². The van der Waals surface area contributed by atoms with Crippen LogP contribution in [0.25, 0.3) is 0 Å². The zero-order valence-corrected chi connectivity index (χ0v) is 15.3. The van der Waals surface area contributed by atoms with E-state index in [-0.39, 0.29) is 11.3 Å². The highest BCUT2D eigenvalue weighted by Gasteiger charge is 2.25. The SMILES string of the molecule is CC1CC(C)CN(C(=O)CSc2nc(C(C)(C)C)cs2)C1. The van der Waals surface area contributed by atoms with Gasteiger partial charge in [0.05, 0.1) is 11.4 Å². The second-order valence-corrected chi connectivity index (χ2v) is 9.36. The van der Waals surface area contributed by atoms with E-state index >= 15 is 0 Å². The topological polar surface area (TPSA) is 33.2 Å². The van der Waals surface area contributed by atoms with Crippen molar-refractivity contribution in [3.05, 3.63) is 11.1 Å². The highest BCUT2D eigenvalue weighted by molar-refractivity contribution is 8.01. The molecule has 1 amide bonds. The molecule has 1 saturated heterocycles. The highest BCUT2D eigenvalue weighted by atomic mass is 32.2. The predicted octanol–water partition coefficient (Wildman–Crippen LogP) is 4.04. The van der Waals surface area contributed by atoms with Crippen LogP contribution < -0.4 is 0 Å². The maximum atomic E-state index is 12.3. The Kier molecular flexibility index (Phi) is 5.36. The molecule has 0 aliphatic carbocycles. The molecule has 0 saturated carbocycles. The molecule has 0 aromatic carbocycles. The Balaban J connectivity index is 1.88. The second kappa shape index (κ2) is 6.69. The van der Waals surface area contributed by atoms with Crippen molar-refractivity contribution in [2.24, 2.45) is 11.8 Å². The summed E-state index contributed by atoms with van der Waals surface area (Å²) in [6, 6.07) is 0. The molecular weight excluding hydrogens is 300 g/mol. The second-order valence-electron chi connectivity index (χ2n) is 7.28. The van der Waals surface area contributed by atoms with Gasteiger partial charge in [-0.05, 0) is 18.3 Å². The third-order valence-electron chi connectivity index (χ3n) is 3.79. The number of likely N-dealkylation sites (tertiary alicyclic amines) is 1. The fourth-order valence-corrected chi connectivity index (χ4v) is 4.70. The maximum Gasteiger partial charge on any atom is 0.233 e. The first-order valence-electron chi connectivity index (χ1n) is 7.62. The van der Waals surface area contributed by atoms with Crippen LogP contribution in [0.2, 0.25) is 0 Å². The molecule has 0 N–H and O–H groups in total. The zero-order chi connectivity index (χ0) is 15.6. The van der Waals surface area contributed by atoms with Gasteiger partial charge in [-0.1, -0.05) is 46.4 Å². The Labute approximate surface area is 136 Å². The number of hydrogen-bond acceptors (Lipinski definition) is 4. The number of carbonyl (C=O) groups excluding carboxylic acids is 1. The lowest BCUT2D eigenvalue weighted by molar-refractivity contribution is -0.130. The van der Waals surface area contributed by atoms with Crippen LogP contribution in [0.15, 0.2) is 9.72 Å². The molecule has 0 bridgehead atoms. The fraction of sp³-hybridized carbons (Fsp3) is 0.750. The largest absolute Gasteiger partial charge is 0.341 e. The summed E-state index contributed by atoms with van der Waals surface area (Å²) >= 11 is 3.23. The monoisotopic (exact) mass is 326 g/mol. The van der Waals surface area contributed by atoms with E-state index in [4.69, 9.17) is 0 Å². The summed E-state index contributed by atoms with van der Waals surface area (Å²) in [5.41, 5.74) is 1.19. The number of carbonyl (C=O) groups is 1. The number of piperidine rings is 1. The predicted molar refractivity (Wildman–Crippen MR) is 91.1 cm³/mol. The first-order chi connectivity index (χ1) is 9.75. The number of thioether (sulfide) groups is 1. The van der Waals surface area contributed by atoms with Crippen LogP contribution in [0.1, 0.15) is 46.7 Å². The van der Waals surface area contributed by atoms with Gasteiger partial charge in [0.2, 0.25) is 5.91 Å². The average Bonchev–Trinajstić information content (AvgIpc) is 2.83. The normalized spacial score (nSPS) is 23.4. The van der Waals surface area contributed by atoms with E-state index in [0.29, 0.717) is 17.6 Å². The minimum absolute atomic E-state index is 0.0804. The van der Waals surface area contributed by atoms with Gasteiger partial charge >= 0.3 is 0 Å². The Morgan fingerprint density at radius 1 is 1.38 bits per heavy atom. The van der Waals surface area contributed by atoms with Crippen LogP contribution in [0, 0.1) is 11.8 Å². The minimum Gasteiger partial charge on any atom is -0.341 e. The van der Waals surface area contributed by atoms with Crippen molar-refractivity contribution < 1.29 is 4.79 Å². The van der Waals surface area contributed by atoms with Crippen molar-refractivity contribution >= 4 is 29.0 Å². The lowest BCUT2D eigenvalue weighted by Crippen LogP contribution is -2.43. The van der Waals surface area contributed by atoms with Crippen LogP contribution in [0.4, 0.5) is 0 Å². The van der Waals surface area contributed by atoms with Crippen LogP contribution in [-0.2, 0) is 10.2 Å². The molecule has 1 fully saturated rings. The van der Waals surface area contributed by atoms with Gasteiger partial charge in [0.15, 0.2) is 4.34 Å². The molecule has 2 heterocycles. The lowest BCUT2D eigenvalue weighted by Gasteiger charge is -2.34. The molecular formula is C16H26N2OS2. The van der Waals surface area contributed by atoms with Crippen LogP contribution in [0.3, 0.4) is 0 Å². The summed E-state index contributed by atoms with van der Waals surface area (Å²) in [6.07, 6.45) is 1.23. The highest BCUT2D eigenvalue weighted by Crippen LogP contribution is 2.30. The van der Waals surface area contributed by atoms with Gasteiger partial charge in [-0.15, -0.1) is 11.3 Å². The van der Waals surface area contributed by atoms with Crippen molar-refractivity contribution in [2.75, 3.05) is 18.8 Å². The van der Waals surface area contributed by atoms with Crippen LogP contribution >= 0.6 is 23.1 Å². The van der Waals surface area contributed by atoms with Gasteiger partial charge in [0.1, 0.15) is 0 Å². The van der Waals surface area contributed by atoms with Gasteiger partial charge in [-0.2, -0.15) is 0 Å². The maximum absolute atomic E-state index is 12.3. The third kappa shape index (κ3) is 4.71. The molecule has 118 valence electrons. The zero-order valence-electron chi connectivity index (χ0n) is 13.7. The summed E-state index contributed by atoms with van der Waals surface area (Å²) < 4.78 is 1.01. The quantitative estimate of drug-likeness (QED) is 0.786. The molecule has 0 radical (unpaired) electrons. The van der Waals surface area contributed by atoms with Crippen molar-refractivity contribution in [2.45, 2.75) is 50.8 Å². The Hall–Kier alpha value is -0.550. The Morgan fingerprint density at radius 2 is 2.00 bits per heavy atom. The van der Waals surface area contributed by atoms with Crippen LogP contribution in [0.5, 0.6) is 0 Å². The molecule has 1 aliphatic rings. The number of nitrogens with zero attached hydrogens (tertiary/aromatic N) is 2. The summed E-state index contributed by atoms with van der Waals surface area (Å²) in [5.74, 6) is 2.01.